The molecule has 1 aliphatic carbocycles. The number of halogens is 1. The predicted molar refractivity (Wildman–Crippen MR) is 114 cm³/mol. The summed E-state index contributed by atoms with van der Waals surface area (Å²) >= 11 is 5.89. The van der Waals surface area contributed by atoms with E-state index in [9.17, 15) is 14.4 Å². The Kier molecular flexibility index (Phi) is 5.26. The average molecular weight is 441 g/mol. The molecule has 9 heteroatoms. The van der Waals surface area contributed by atoms with E-state index in [0.29, 0.717) is 34.7 Å². The van der Waals surface area contributed by atoms with Crippen LogP contribution in [0.4, 0.5) is 0 Å². The van der Waals surface area contributed by atoms with Gasteiger partial charge in [-0.3, -0.25) is 14.4 Å². The molecule has 2 heterocycles. The third-order valence-corrected chi connectivity index (χ3v) is 5.48. The molecule has 1 unspecified atom stereocenters. The fraction of sp³-hybridized carbons (Fsp3) is 0.318. The minimum Gasteiger partial charge on any atom is -0.342 e. The molecule has 0 saturated heterocycles. The van der Waals surface area contributed by atoms with Gasteiger partial charge in [0, 0.05) is 28.3 Å². The summed E-state index contributed by atoms with van der Waals surface area (Å²) in [4.78, 5) is 44.7. The molecule has 0 saturated carbocycles. The maximum atomic E-state index is 12.7. The highest BCUT2D eigenvalue weighted by atomic mass is 35.5. The van der Waals surface area contributed by atoms with Crippen LogP contribution in [0.5, 0.6) is 0 Å². The van der Waals surface area contributed by atoms with E-state index in [4.69, 9.17) is 16.1 Å². The number of nitrogens with zero attached hydrogens (tertiary/aromatic N) is 2. The van der Waals surface area contributed by atoms with Crippen molar-refractivity contribution in [1.29, 1.82) is 0 Å². The van der Waals surface area contributed by atoms with E-state index in [-0.39, 0.29) is 28.5 Å². The number of carbonyl (C=O) groups is 2. The molecule has 3 aromatic rings. The van der Waals surface area contributed by atoms with Gasteiger partial charge in [-0.15, -0.1) is 0 Å². The maximum Gasteiger partial charge on any atom is 0.261 e. The van der Waals surface area contributed by atoms with Gasteiger partial charge in [-0.1, -0.05) is 30.6 Å². The van der Waals surface area contributed by atoms with Crippen LogP contribution in [-0.4, -0.2) is 26.8 Å². The van der Waals surface area contributed by atoms with Crippen LogP contribution in [-0.2, 0) is 6.42 Å². The zero-order chi connectivity index (χ0) is 22.3. The van der Waals surface area contributed by atoms with Crippen LogP contribution in [0, 0.1) is 5.41 Å². The minimum atomic E-state index is -0.623. The molecule has 160 valence electrons. The molecule has 2 N–H and O–H groups in total. The number of carbonyl (C=O) groups excluding carboxylic acids is 2. The molecule has 1 aromatic carbocycles. The lowest BCUT2D eigenvalue weighted by atomic mass is 9.75. The standard InChI is InChI=1S/C22H21ClN4O4/c1-11(18-26-21(31-27-18)12-4-6-13(23)7-5-12)24-19(29)15-8-14-16(25-20(15)30)9-22(2,3)10-17(14)28/h4-8,11H,9-10H2,1-3H3,(H,24,29)(H,25,30). The summed E-state index contributed by atoms with van der Waals surface area (Å²) in [5.41, 5.74) is 0.757. The van der Waals surface area contributed by atoms with Crippen molar-refractivity contribution in [2.45, 2.75) is 39.7 Å². The zero-order valence-corrected chi connectivity index (χ0v) is 18.0. The number of hydrogen-bond acceptors (Lipinski definition) is 6. The van der Waals surface area contributed by atoms with Gasteiger partial charge >= 0.3 is 0 Å². The van der Waals surface area contributed by atoms with Crippen molar-refractivity contribution in [3.05, 3.63) is 68.4 Å². The van der Waals surface area contributed by atoms with Gasteiger partial charge in [0.05, 0.1) is 6.04 Å². The summed E-state index contributed by atoms with van der Waals surface area (Å²) in [6.07, 6.45) is 0.928. The van der Waals surface area contributed by atoms with Crippen LogP contribution in [0.2, 0.25) is 5.02 Å². The van der Waals surface area contributed by atoms with Gasteiger partial charge in [0.2, 0.25) is 0 Å². The average Bonchev–Trinajstić information content (AvgIpc) is 3.17. The molecule has 0 aliphatic heterocycles. The van der Waals surface area contributed by atoms with E-state index in [2.05, 4.69) is 20.4 Å². The Balaban J connectivity index is 1.54. The van der Waals surface area contributed by atoms with Crippen molar-refractivity contribution >= 4 is 23.3 Å². The van der Waals surface area contributed by atoms with Crippen molar-refractivity contribution in [1.82, 2.24) is 20.4 Å². The van der Waals surface area contributed by atoms with Gasteiger partial charge in [0.1, 0.15) is 5.56 Å². The van der Waals surface area contributed by atoms with Crippen LogP contribution < -0.4 is 10.9 Å². The number of ketones is 1. The molecular formula is C22H21ClN4O4. The molecular weight excluding hydrogens is 420 g/mol. The van der Waals surface area contributed by atoms with Gasteiger partial charge in [-0.05, 0) is 49.1 Å². The number of hydrogen-bond donors (Lipinski definition) is 2. The van der Waals surface area contributed by atoms with E-state index in [1.54, 1.807) is 31.2 Å². The number of fused-ring (bicyclic) bond motifs is 1. The van der Waals surface area contributed by atoms with Gasteiger partial charge in [-0.25, -0.2) is 0 Å². The Hall–Kier alpha value is -3.26. The lowest BCUT2D eigenvalue weighted by Gasteiger charge is -2.29. The SMILES string of the molecule is CC(NC(=O)c1cc2c([nH]c1=O)CC(C)(C)CC2=O)c1noc(-c2ccc(Cl)cc2)n1. The monoisotopic (exact) mass is 440 g/mol. The fourth-order valence-electron chi connectivity index (χ4n) is 3.66. The Morgan fingerprint density at radius 3 is 2.65 bits per heavy atom. The molecule has 0 bridgehead atoms. The molecule has 0 radical (unpaired) electrons. The van der Waals surface area contributed by atoms with Crippen LogP contribution in [0.3, 0.4) is 0 Å². The summed E-state index contributed by atoms with van der Waals surface area (Å²) < 4.78 is 5.26. The van der Waals surface area contributed by atoms with E-state index in [1.165, 1.54) is 6.07 Å². The van der Waals surface area contributed by atoms with E-state index in [1.807, 2.05) is 13.8 Å². The number of pyridine rings is 1. The zero-order valence-electron chi connectivity index (χ0n) is 17.3. The lowest BCUT2D eigenvalue weighted by molar-refractivity contribution is 0.0910. The summed E-state index contributed by atoms with van der Waals surface area (Å²) in [7, 11) is 0. The Bertz CT molecular complexity index is 1230. The second-order valence-corrected chi connectivity index (χ2v) is 8.94. The normalized spacial score (nSPS) is 15.9. The topological polar surface area (TPSA) is 118 Å². The number of aromatic nitrogens is 3. The second-order valence-electron chi connectivity index (χ2n) is 8.51. The molecule has 1 aliphatic rings. The number of Topliss-reactive ketones (excluding diaryl/α,β-unsaturated/α-hetero) is 1. The van der Waals surface area contributed by atoms with E-state index >= 15 is 0 Å². The van der Waals surface area contributed by atoms with Crippen LogP contribution >= 0.6 is 11.6 Å². The fourth-order valence-corrected chi connectivity index (χ4v) is 3.78. The molecule has 1 atom stereocenters. The molecule has 31 heavy (non-hydrogen) atoms. The predicted octanol–water partition coefficient (Wildman–Crippen LogP) is 3.72. The van der Waals surface area contributed by atoms with Gasteiger partial charge in [0.25, 0.3) is 17.4 Å². The Morgan fingerprint density at radius 1 is 1.23 bits per heavy atom. The smallest absolute Gasteiger partial charge is 0.261 e. The molecule has 4 rings (SSSR count). The molecule has 0 fully saturated rings. The lowest BCUT2D eigenvalue weighted by Crippen LogP contribution is -2.35. The summed E-state index contributed by atoms with van der Waals surface area (Å²) in [6, 6.07) is 7.65. The Labute approximate surface area is 183 Å². The summed E-state index contributed by atoms with van der Waals surface area (Å²) in [6.45, 7) is 5.62. The third kappa shape index (κ3) is 4.29. The second kappa shape index (κ2) is 7.77. The highest BCUT2D eigenvalue weighted by Gasteiger charge is 2.33. The molecule has 2 aromatic heterocycles. The largest absolute Gasteiger partial charge is 0.342 e. The quantitative estimate of drug-likeness (QED) is 0.638. The Morgan fingerprint density at radius 2 is 1.94 bits per heavy atom. The molecule has 8 nitrogen and oxygen atoms in total. The van der Waals surface area contributed by atoms with Crippen LogP contribution in [0.1, 0.15) is 65.5 Å². The number of amides is 1. The van der Waals surface area contributed by atoms with E-state index < -0.39 is 17.5 Å². The summed E-state index contributed by atoms with van der Waals surface area (Å²) in [5.74, 6) is -0.166. The molecule has 1 amide bonds. The van der Waals surface area contributed by atoms with Crippen LogP contribution in [0.15, 0.2) is 39.6 Å². The van der Waals surface area contributed by atoms with Crippen molar-refractivity contribution in [3.63, 3.8) is 0 Å². The minimum absolute atomic E-state index is 0.0876. The first-order valence-corrected chi connectivity index (χ1v) is 10.2. The highest BCUT2D eigenvalue weighted by molar-refractivity contribution is 6.30. The first-order chi connectivity index (χ1) is 14.6. The first-order valence-electron chi connectivity index (χ1n) is 9.83. The number of H-pyrrole nitrogens is 1. The van der Waals surface area contributed by atoms with Crippen molar-refractivity contribution < 1.29 is 14.1 Å². The summed E-state index contributed by atoms with van der Waals surface area (Å²) in [5, 5.41) is 7.18. The van der Waals surface area contributed by atoms with Gasteiger partial charge in [0.15, 0.2) is 11.6 Å². The number of rotatable bonds is 4. The molecule has 0 spiro atoms. The van der Waals surface area contributed by atoms with Gasteiger partial charge < -0.3 is 14.8 Å². The van der Waals surface area contributed by atoms with Crippen molar-refractivity contribution in [2.75, 3.05) is 0 Å². The number of nitrogens with one attached hydrogen (secondary N) is 2. The van der Waals surface area contributed by atoms with Gasteiger partial charge in [-0.2, -0.15) is 4.98 Å². The van der Waals surface area contributed by atoms with E-state index in [0.717, 1.165) is 0 Å². The van der Waals surface area contributed by atoms with Crippen molar-refractivity contribution in [3.8, 4) is 11.5 Å². The third-order valence-electron chi connectivity index (χ3n) is 5.23. The highest BCUT2D eigenvalue weighted by Crippen LogP contribution is 2.33. The van der Waals surface area contributed by atoms with Crippen LogP contribution in [0.25, 0.3) is 11.5 Å². The number of aromatic amines is 1. The first kappa shape index (κ1) is 21.0. The maximum absolute atomic E-state index is 12.7. The van der Waals surface area contributed by atoms with Crippen molar-refractivity contribution in [2.24, 2.45) is 5.41 Å². The number of benzene rings is 1.